The van der Waals surface area contributed by atoms with Crippen LogP contribution < -0.4 is 5.32 Å². The van der Waals surface area contributed by atoms with E-state index >= 15 is 0 Å². The van der Waals surface area contributed by atoms with Crippen molar-refractivity contribution in [1.82, 2.24) is 10.2 Å². The predicted molar refractivity (Wildman–Crippen MR) is 67.7 cm³/mol. The zero-order chi connectivity index (χ0) is 14.3. The minimum absolute atomic E-state index is 0.108. The van der Waals surface area contributed by atoms with Crippen molar-refractivity contribution >= 4 is 17.8 Å². The molecule has 19 heavy (non-hydrogen) atoms. The second-order valence-corrected chi connectivity index (χ2v) is 4.01. The lowest BCUT2D eigenvalue weighted by molar-refractivity contribution is -0.155. The minimum Gasteiger partial charge on any atom is -0.460 e. The van der Waals surface area contributed by atoms with Crippen LogP contribution in [0.15, 0.2) is 12.7 Å². The quantitative estimate of drug-likeness (QED) is 0.290. The van der Waals surface area contributed by atoms with E-state index in [1.165, 1.54) is 11.0 Å². The van der Waals surface area contributed by atoms with E-state index in [0.29, 0.717) is 13.0 Å². The fourth-order valence-electron chi connectivity index (χ4n) is 1.55. The molecule has 1 atom stereocenters. The minimum atomic E-state index is -0.558. The van der Waals surface area contributed by atoms with Crippen LogP contribution in [0.5, 0.6) is 0 Å². The van der Waals surface area contributed by atoms with Crippen LogP contribution in [0.1, 0.15) is 12.8 Å². The van der Waals surface area contributed by atoms with E-state index in [-0.39, 0.29) is 31.4 Å². The molecule has 6 heteroatoms. The smallest absolute Gasteiger partial charge is 0.325 e. The molecule has 1 N–H and O–H groups in total. The van der Waals surface area contributed by atoms with Gasteiger partial charge in [-0.05, 0) is 0 Å². The molecule has 1 fully saturated rings. The lowest BCUT2D eigenvalue weighted by atomic mass is 10.1. The summed E-state index contributed by atoms with van der Waals surface area (Å²) >= 11 is 0. The van der Waals surface area contributed by atoms with E-state index in [1.807, 2.05) is 0 Å². The van der Waals surface area contributed by atoms with Crippen LogP contribution in [0, 0.1) is 12.3 Å². The summed E-state index contributed by atoms with van der Waals surface area (Å²) < 4.78 is 4.75. The lowest BCUT2D eigenvalue weighted by Gasteiger charge is -2.37. The van der Waals surface area contributed by atoms with Crippen LogP contribution in [0.2, 0.25) is 0 Å². The summed E-state index contributed by atoms with van der Waals surface area (Å²) in [6.07, 6.45) is 7.02. The Balaban J connectivity index is 2.26. The third-order valence-electron chi connectivity index (χ3n) is 2.53. The number of carbonyl (C=O) groups is 3. The molecule has 0 spiro atoms. The summed E-state index contributed by atoms with van der Waals surface area (Å²) in [7, 11) is 0. The maximum absolute atomic E-state index is 11.6. The molecular weight excluding hydrogens is 248 g/mol. The number of amides is 2. The second kappa shape index (κ2) is 7.21. The molecule has 1 unspecified atom stereocenters. The van der Waals surface area contributed by atoms with Crippen molar-refractivity contribution in [2.45, 2.75) is 18.9 Å². The number of β-lactam (4-membered cyclic amide) rings is 1. The van der Waals surface area contributed by atoms with Gasteiger partial charge in [-0.25, -0.2) is 0 Å². The summed E-state index contributed by atoms with van der Waals surface area (Å²) in [5.74, 6) is 1.31. The second-order valence-electron chi connectivity index (χ2n) is 4.01. The topological polar surface area (TPSA) is 75.7 Å². The van der Waals surface area contributed by atoms with E-state index in [1.54, 1.807) is 0 Å². The van der Waals surface area contributed by atoms with E-state index in [0.717, 1.165) is 0 Å². The Hall–Kier alpha value is -2.29. The average molecular weight is 264 g/mol. The van der Waals surface area contributed by atoms with Crippen molar-refractivity contribution in [2.24, 2.45) is 0 Å². The van der Waals surface area contributed by atoms with Crippen LogP contribution in [0.4, 0.5) is 0 Å². The number of terminal acetylenes is 1. The van der Waals surface area contributed by atoms with E-state index in [2.05, 4.69) is 17.8 Å². The van der Waals surface area contributed by atoms with Gasteiger partial charge in [0.15, 0.2) is 0 Å². The molecule has 0 saturated carbocycles. The first kappa shape index (κ1) is 14.8. The van der Waals surface area contributed by atoms with Gasteiger partial charge in [-0.2, -0.15) is 0 Å². The van der Waals surface area contributed by atoms with Gasteiger partial charge in [-0.15, -0.1) is 12.3 Å². The molecule has 1 saturated heterocycles. The van der Waals surface area contributed by atoms with Gasteiger partial charge in [0, 0.05) is 12.8 Å². The first-order valence-corrected chi connectivity index (χ1v) is 5.86. The highest BCUT2D eigenvalue weighted by atomic mass is 16.5. The fourth-order valence-corrected chi connectivity index (χ4v) is 1.55. The Morgan fingerprint density at radius 3 is 2.95 bits per heavy atom. The van der Waals surface area contributed by atoms with Gasteiger partial charge in [0.25, 0.3) is 0 Å². The molecule has 1 heterocycles. The molecule has 0 aliphatic carbocycles. The highest BCUT2D eigenvalue weighted by Crippen LogP contribution is 2.10. The number of esters is 1. The highest BCUT2D eigenvalue weighted by Gasteiger charge is 2.38. The number of carbonyl (C=O) groups excluding carboxylic acids is 3. The van der Waals surface area contributed by atoms with Gasteiger partial charge in [0.05, 0.1) is 6.54 Å². The molecule has 1 aliphatic heterocycles. The van der Waals surface area contributed by atoms with E-state index in [4.69, 9.17) is 11.2 Å². The van der Waals surface area contributed by atoms with Crippen molar-refractivity contribution in [1.29, 1.82) is 0 Å². The van der Waals surface area contributed by atoms with Crippen LogP contribution in [0.3, 0.4) is 0 Å². The van der Waals surface area contributed by atoms with Gasteiger partial charge >= 0.3 is 5.97 Å². The largest absolute Gasteiger partial charge is 0.460 e. The van der Waals surface area contributed by atoms with Gasteiger partial charge in [-0.3, -0.25) is 14.4 Å². The van der Waals surface area contributed by atoms with Crippen molar-refractivity contribution < 1.29 is 19.1 Å². The summed E-state index contributed by atoms with van der Waals surface area (Å²) in [5, 5.41) is 2.55. The number of hydrogen-bond donors (Lipinski definition) is 1. The number of ether oxygens (including phenoxy) is 1. The van der Waals surface area contributed by atoms with Crippen molar-refractivity contribution in [3.8, 4) is 12.3 Å². The van der Waals surface area contributed by atoms with Crippen LogP contribution in [0.25, 0.3) is 0 Å². The predicted octanol–water partition coefficient (Wildman–Crippen LogP) is -0.544. The molecule has 102 valence electrons. The third kappa shape index (κ3) is 4.47. The summed E-state index contributed by atoms with van der Waals surface area (Å²) in [6.45, 7) is 3.73. The standard InChI is InChI=1S/C13H16N2O4/c1-3-5-6-11(16)14-10-8-15(13(10)18)9-12(17)19-7-4-2/h1,4,10H,2,5-9H2,(H,14,16). The molecule has 2 amide bonds. The first-order valence-electron chi connectivity index (χ1n) is 5.86. The molecule has 0 bridgehead atoms. The molecule has 0 aromatic heterocycles. The Labute approximate surface area is 111 Å². The fraction of sp³-hybridized carbons (Fsp3) is 0.462. The molecule has 0 aromatic carbocycles. The van der Waals surface area contributed by atoms with Gasteiger partial charge < -0.3 is 15.0 Å². The summed E-state index contributed by atoms with van der Waals surface area (Å²) in [5.41, 5.74) is 0. The number of hydrogen-bond acceptors (Lipinski definition) is 4. The third-order valence-corrected chi connectivity index (χ3v) is 2.53. The Morgan fingerprint density at radius 2 is 2.37 bits per heavy atom. The molecule has 1 aliphatic rings. The summed E-state index contributed by atoms with van der Waals surface area (Å²) in [4.78, 5) is 35.5. The van der Waals surface area contributed by atoms with Gasteiger partial charge in [0.2, 0.25) is 11.8 Å². The first-order chi connectivity index (χ1) is 9.08. The lowest BCUT2D eigenvalue weighted by Crippen LogP contribution is -2.64. The average Bonchev–Trinajstić information content (AvgIpc) is 2.41. The molecule has 6 nitrogen and oxygen atoms in total. The number of likely N-dealkylation sites (tertiary alicyclic amines) is 1. The Kier molecular flexibility index (Phi) is 5.61. The maximum Gasteiger partial charge on any atom is 0.325 e. The van der Waals surface area contributed by atoms with E-state index in [9.17, 15) is 14.4 Å². The monoisotopic (exact) mass is 264 g/mol. The normalized spacial score (nSPS) is 17.1. The van der Waals surface area contributed by atoms with Crippen molar-refractivity contribution in [3.63, 3.8) is 0 Å². The molecule has 0 radical (unpaired) electrons. The molecular formula is C13H16N2O4. The Bertz CT molecular complexity index is 425. The van der Waals surface area contributed by atoms with Gasteiger partial charge in [-0.1, -0.05) is 12.7 Å². The zero-order valence-electron chi connectivity index (χ0n) is 10.6. The SMILES string of the molecule is C#CCCC(=O)NC1CN(CC(=O)OCC=C)C1=O. The molecule has 0 aromatic rings. The molecule has 1 rings (SSSR count). The van der Waals surface area contributed by atoms with Gasteiger partial charge in [0.1, 0.15) is 19.2 Å². The summed E-state index contributed by atoms with van der Waals surface area (Å²) in [6, 6.07) is -0.558. The highest BCUT2D eigenvalue weighted by molar-refractivity contribution is 5.94. The Morgan fingerprint density at radius 1 is 1.63 bits per heavy atom. The van der Waals surface area contributed by atoms with Crippen LogP contribution in [-0.4, -0.2) is 48.4 Å². The maximum atomic E-state index is 11.6. The van der Waals surface area contributed by atoms with Crippen LogP contribution >= 0.6 is 0 Å². The van der Waals surface area contributed by atoms with Crippen molar-refractivity contribution in [2.75, 3.05) is 19.7 Å². The van der Waals surface area contributed by atoms with Crippen molar-refractivity contribution in [3.05, 3.63) is 12.7 Å². The zero-order valence-corrected chi connectivity index (χ0v) is 10.6. The van der Waals surface area contributed by atoms with E-state index < -0.39 is 12.0 Å². The number of nitrogens with one attached hydrogen (secondary N) is 1. The number of nitrogens with zero attached hydrogens (tertiary/aromatic N) is 1. The number of rotatable bonds is 7. The van der Waals surface area contributed by atoms with Crippen LogP contribution in [-0.2, 0) is 19.1 Å².